The van der Waals surface area contributed by atoms with Gasteiger partial charge in [-0.1, -0.05) is 11.3 Å². The minimum atomic E-state index is -0.423. The van der Waals surface area contributed by atoms with E-state index in [0.29, 0.717) is 15.1 Å². The van der Waals surface area contributed by atoms with Crippen LogP contribution in [0.5, 0.6) is 5.06 Å². The molecule has 0 saturated heterocycles. The molecule has 1 aromatic carbocycles. The molecule has 19 heavy (non-hydrogen) atoms. The van der Waals surface area contributed by atoms with Crippen LogP contribution in [0.3, 0.4) is 0 Å². The molecule has 6 heteroatoms. The van der Waals surface area contributed by atoms with Gasteiger partial charge in [0.2, 0.25) is 0 Å². The molecule has 0 aliphatic rings. The number of halogens is 1. The number of carbonyl (C=O) groups is 1. The van der Waals surface area contributed by atoms with Gasteiger partial charge in [-0.15, -0.1) is 11.3 Å². The number of aromatic hydroxyl groups is 1. The van der Waals surface area contributed by atoms with Crippen LogP contribution in [0.4, 0.5) is 4.39 Å². The summed E-state index contributed by atoms with van der Waals surface area (Å²) in [7, 11) is 0. The lowest BCUT2D eigenvalue weighted by Crippen LogP contribution is -2.02. The second kappa shape index (κ2) is 4.71. The second-order valence-electron chi connectivity index (χ2n) is 3.95. The van der Waals surface area contributed by atoms with Crippen molar-refractivity contribution >= 4 is 38.5 Å². The van der Waals surface area contributed by atoms with Gasteiger partial charge in [0.25, 0.3) is 0 Å². The van der Waals surface area contributed by atoms with E-state index in [2.05, 4.69) is 4.98 Å². The molecular formula is C13H8FNO2S2. The van der Waals surface area contributed by atoms with Gasteiger partial charge < -0.3 is 5.11 Å². The highest BCUT2D eigenvalue weighted by molar-refractivity contribution is 7.21. The minimum absolute atomic E-state index is 0.0674. The Morgan fingerprint density at radius 2 is 2.26 bits per heavy atom. The minimum Gasteiger partial charge on any atom is -0.499 e. The van der Waals surface area contributed by atoms with Gasteiger partial charge in [0.15, 0.2) is 10.8 Å². The summed E-state index contributed by atoms with van der Waals surface area (Å²) in [6.07, 6.45) is 1.74. The molecule has 3 rings (SSSR count). The monoisotopic (exact) mass is 293 g/mol. The Kier molecular flexibility index (Phi) is 3.04. The molecule has 0 spiro atoms. The molecule has 0 aliphatic carbocycles. The number of thiazole rings is 1. The van der Waals surface area contributed by atoms with Crippen LogP contribution < -0.4 is 0 Å². The van der Waals surface area contributed by atoms with E-state index in [1.165, 1.54) is 23.5 Å². The fourth-order valence-electron chi connectivity index (χ4n) is 1.89. The largest absolute Gasteiger partial charge is 0.499 e. The first-order valence-electron chi connectivity index (χ1n) is 5.48. The van der Waals surface area contributed by atoms with Crippen LogP contribution >= 0.6 is 22.7 Å². The third-order valence-electron chi connectivity index (χ3n) is 2.71. The van der Waals surface area contributed by atoms with E-state index >= 15 is 0 Å². The third kappa shape index (κ3) is 2.24. The number of carbonyl (C=O) groups excluding carboxylic acids is 1. The maximum Gasteiger partial charge on any atom is 0.183 e. The fourth-order valence-corrected chi connectivity index (χ4v) is 3.45. The average molecular weight is 293 g/mol. The van der Waals surface area contributed by atoms with Crippen molar-refractivity contribution in [2.45, 2.75) is 6.42 Å². The predicted molar refractivity (Wildman–Crippen MR) is 73.6 cm³/mol. The number of aromatic nitrogens is 1. The van der Waals surface area contributed by atoms with Crippen molar-refractivity contribution in [3.63, 3.8) is 0 Å². The quantitative estimate of drug-likeness (QED) is 0.750. The number of ketones is 1. The van der Waals surface area contributed by atoms with Gasteiger partial charge >= 0.3 is 0 Å². The Bertz CT molecular complexity index is 749. The summed E-state index contributed by atoms with van der Waals surface area (Å²) in [5.41, 5.74) is 0.190. The Morgan fingerprint density at radius 1 is 1.42 bits per heavy atom. The van der Waals surface area contributed by atoms with Gasteiger partial charge in [-0.2, -0.15) is 0 Å². The number of nitrogens with zero attached hydrogens (tertiary/aromatic N) is 1. The molecule has 2 heterocycles. The lowest BCUT2D eigenvalue weighted by Gasteiger charge is -1.98. The molecule has 0 fully saturated rings. The van der Waals surface area contributed by atoms with E-state index < -0.39 is 5.82 Å². The lowest BCUT2D eigenvalue weighted by atomic mass is 10.1. The van der Waals surface area contributed by atoms with Crippen LogP contribution in [-0.4, -0.2) is 15.9 Å². The normalized spacial score (nSPS) is 11.0. The first kappa shape index (κ1) is 12.3. The van der Waals surface area contributed by atoms with Gasteiger partial charge in [-0.05, 0) is 18.2 Å². The van der Waals surface area contributed by atoms with E-state index in [9.17, 15) is 14.3 Å². The molecule has 0 saturated carbocycles. The number of thiophene rings is 1. The number of hydrogen-bond acceptors (Lipinski definition) is 5. The maximum atomic E-state index is 13.3. The molecule has 0 aliphatic heterocycles. The Balaban J connectivity index is 2.06. The fraction of sp³-hybridized carbons (Fsp3) is 0.0769. The van der Waals surface area contributed by atoms with Crippen molar-refractivity contribution in [3.05, 3.63) is 46.2 Å². The number of Topliss-reactive ketones (excluding diaryl/α,β-unsaturated/α-hetero) is 1. The summed E-state index contributed by atoms with van der Waals surface area (Å²) >= 11 is 2.46. The number of benzene rings is 1. The molecule has 3 nitrogen and oxygen atoms in total. The van der Waals surface area contributed by atoms with E-state index in [4.69, 9.17) is 0 Å². The van der Waals surface area contributed by atoms with Crippen LogP contribution in [0, 0.1) is 5.82 Å². The molecule has 2 aromatic heterocycles. The Morgan fingerprint density at radius 3 is 3.00 bits per heavy atom. The van der Waals surface area contributed by atoms with E-state index in [0.717, 1.165) is 11.3 Å². The molecule has 0 atom stereocenters. The Hall–Kier alpha value is -1.79. The number of fused-ring (bicyclic) bond motifs is 1. The molecular weight excluding hydrogens is 285 g/mol. The predicted octanol–water partition coefficient (Wildman–Crippen LogP) is 3.63. The van der Waals surface area contributed by atoms with Crippen LogP contribution in [-0.2, 0) is 6.42 Å². The van der Waals surface area contributed by atoms with Crippen molar-refractivity contribution < 1.29 is 14.3 Å². The van der Waals surface area contributed by atoms with Crippen molar-refractivity contribution in [2.75, 3.05) is 0 Å². The maximum absolute atomic E-state index is 13.3. The van der Waals surface area contributed by atoms with Crippen molar-refractivity contribution in [2.24, 2.45) is 0 Å². The summed E-state index contributed by atoms with van der Waals surface area (Å²) < 4.78 is 14.0. The number of hydrogen-bond donors (Lipinski definition) is 1. The van der Waals surface area contributed by atoms with Crippen LogP contribution in [0.25, 0.3) is 10.1 Å². The first-order chi connectivity index (χ1) is 9.15. The summed E-state index contributed by atoms with van der Waals surface area (Å²) in [6, 6.07) is 4.16. The number of rotatable bonds is 3. The summed E-state index contributed by atoms with van der Waals surface area (Å²) in [5.74, 6) is -0.669. The molecule has 3 aromatic rings. The molecule has 0 unspecified atom stereocenters. The lowest BCUT2D eigenvalue weighted by molar-refractivity contribution is 0.0992. The first-order valence-corrected chi connectivity index (χ1v) is 7.17. The van der Waals surface area contributed by atoms with E-state index in [1.54, 1.807) is 17.6 Å². The standard InChI is InChI=1S/C13H8FNO2S2/c14-7-1-2-10-8(5-7)12(13(17)19-10)9(16)6-11-15-3-4-18-11/h1-5,17H,6H2. The summed E-state index contributed by atoms with van der Waals surface area (Å²) in [4.78, 5) is 16.2. The molecule has 96 valence electrons. The van der Waals surface area contributed by atoms with E-state index in [1.807, 2.05) is 0 Å². The average Bonchev–Trinajstić information content (AvgIpc) is 2.95. The van der Waals surface area contributed by atoms with Gasteiger partial charge in [-0.3, -0.25) is 4.79 Å². The highest BCUT2D eigenvalue weighted by Gasteiger charge is 2.20. The third-order valence-corrected chi connectivity index (χ3v) is 4.46. The zero-order chi connectivity index (χ0) is 13.4. The molecule has 0 radical (unpaired) electrons. The van der Waals surface area contributed by atoms with Gasteiger partial charge in [0.05, 0.1) is 12.0 Å². The molecule has 1 N–H and O–H groups in total. The molecule has 0 bridgehead atoms. The topological polar surface area (TPSA) is 50.2 Å². The van der Waals surface area contributed by atoms with Crippen LogP contribution in [0.2, 0.25) is 0 Å². The van der Waals surface area contributed by atoms with Gasteiger partial charge in [0, 0.05) is 21.7 Å². The van der Waals surface area contributed by atoms with Gasteiger partial charge in [0.1, 0.15) is 10.8 Å². The molecule has 0 amide bonds. The SMILES string of the molecule is O=C(Cc1nccs1)c1c(O)sc2ccc(F)cc12. The van der Waals surface area contributed by atoms with Crippen molar-refractivity contribution in [3.8, 4) is 5.06 Å². The second-order valence-corrected chi connectivity index (χ2v) is 5.96. The summed E-state index contributed by atoms with van der Waals surface area (Å²) in [6.45, 7) is 0. The zero-order valence-electron chi connectivity index (χ0n) is 9.59. The van der Waals surface area contributed by atoms with Crippen molar-refractivity contribution in [1.29, 1.82) is 0 Å². The zero-order valence-corrected chi connectivity index (χ0v) is 11.2. The van der Waals surface area contributed by atoms with Gasteiger partial charge in [-0.25, -0.2) is 9.37 Å². The Labute approximate surface area is 116 Å². The summed E-state index contributed by atoms with van der Waals surface area (Å²) in [5, 5.41) is 12.7. The highest BCUT2D eigenvalue weighted by atomic mass is 32.1. The van der Waals surface area contributed by atoms with Crippen LogP contribution in [0.15, 0.2) is 29.8 Å². The smallest absolute Gasteiger partial charge is 0.183 e. The highest BCUT2D eigenvalue weighted by Crippen LogP contribution is 2.37. The van der Waals surface area contributed by atoms with Crippen molar-refractivity contribution in [1.82, 2.24) is 4.98 Å². The van der Waals surface area contributed by atoms with Crippen LogP contribution in [0.1, 0.15) is 15.4 Å². The van der Waals surface area contributed by atoms with E-state index in [-0.39, 0.29) is 22.8 Å².